The fourth-order valence-electron chi connectivity index (χ4n) is 3.14. The van der Waals surface area contributed by atoms with Crippen molar-refractivity contribution in [2.45, 2.75) is 30.0 Å². The molecule has 1 aromatic carbocycles. The van der Waals surface area contributed by atoms with Crippen LogP contribution >= 0.6 is 22.7 Å². The van der Waals surface area contributed by atoms with Crippen molar-refractivity contribution < 1.29 is 13.2 Å². The lowest BCUT2D eigenvalue weighted by Crippen LogP contribution is -2.42. The second-order valence-electron chi connectivity index (χ2n) is 6.14. The van der Waals surface area contributed by atoms with Crippen molar-refractivity contribution in [2.24, 2.45) is 0 Å². The average Bonchev–Trinajstić information content (AvgIpc) is 3.35. The molecular weight excluding hydrogens is 390 g/mol. The van der Waals surface area contributed by atoms with E-state index in [4.69, 9.17) is 0 Å². The Kier molecular flexibility index (Phi) is 4.55. The number of nitrogens with one attached hydrogen (secondary N) is 1. The van der Waals surface area contributed by atoms with E-state index in [1.807, 2.05) is 25.1 Å². The summed E-state index contributed by atoms with van der Waals surface area (Å²) in [5.41, 5.74) is 1.91. The van der Waals surface area contributed by atoms with Gasteiger partial charge >= 0.3 is 0 Å². The first kappa shape index (κ1) is 17.6. The number of hydrogen-bond acceptors (Lipinski definition) is 6. The predicted octanol–water partition coefficient (Wildman–Crippen LogP) is 3.46. The molecule has 0 spiro atoms. The highest BCUT2D eigenvalue weighted by molar-refractivity contribution is 7.91. The summed E-state index contributed by atoms with van der Waals surface area (Å²) in [7, 11) is -3.64. The summed E-state index contributed by atoms with van der Waals surface area (Å²) in [6, 6.07) is 8.46. The van der Waals surface area contributed by atoms with Gasteiger partial charge in [0.15, 0.2) is 5.13 Å². The van der Waals surface area contributed by atoms with Gasteiger partial charge in [-0.2, -0.15) is 4.31 Å². The quantitative estimate of drug-likeness (QED) is 0.718. The summed E-state index contributed by atoms with van der Waals surface area (Å²) in [6.45, 7) is 2.33. The maximum atomic E-state index is 12.8. The fraction of sp³-hybridized carbons (Fsp3) is 0.294. The molecule has 1 unspecified atom stereocenters. The lowest BCUT2D eigenvalue weighted by molar-refractivity contribution is -0.119. The Bertz CT molecular complexity index is 1060. The van der Waals surface area contributed by atoms with Gasteiger partial charge < -0.3 is 5.32 Å². The number of sulfonamides is 1. The van der Waals surface area contributed by atoms with Crippen molar-refractivity contribution in [2.75, 3.05) is 11.9 Å². The number of anilines is 1. The Morgan fingerprint density at radius 1 is 1.31 bits per heavy atom. The lowest BCUT2D eigenvalue weighted by Gasteiger charge is -2.22. The number of thiophene rings is 1. The molecule has 2 aromatic heterocycles. The van der Waals surface area contributed by atoms with Crippen LogP contribution in [-0.2, 0) is 14.8 Å². The molecule has 1 aliphatic heterocycles. The van der Waals surface area contributed by atoms with E-state index in [9.17, 15) is 13.2 Å². The molecule has 1 fully saturated rings. The fourth-order valence-corrected chi connectivity index (χ4v) is 6.87. The van der Waals surface area contributed by atoms with E-state index in [-0.39, 0.29) is 10.1 Å². The van der Waals surface area contributed by atoms with Crippen LogP contribution in [0.2, 0.25) is 0 Å². The molecule has 3 heterocycles. The van der Waals surface area contributed by atoms with Gasteiger partial charge in [0.2, 0.25) is 5.91 Å². The number of para-hydroxylation sites is 1. The largest absolute Gasteiger partial charge is 0.301 e. The average molecular weight is 408 g/mol. The van der Waals surface area contributed by atoms with Crippen molar-refractivity contribution >= 4 is 54.0 Å². The summed E-state index contributed by atoms with van der Waals surface area (Å²) in [4.78, 5) is 17.2. The minimum absolute atomic E-state index is 0.271. The highest BCUT2D eigenvalue weighted by Crippen LogP contribution is 2.31. The Balaban J connectivity index is 1.58. The molecule has 0 aliphatic carbocycles. The number of aromatic nitrogens is 1. The lowest BCUT2D eigenvalue weighted by atomic mass is 10.2. The highest BCUT2D eigenvalue weighted by atomic mass is 32.2. The van der Waals surface area contributed by atoms with E-state index in [0.717, 1.165) is 15.8 Å². The van der Waals surface area contributed by atoms with Crippen LogP contribution < -0.4 is 5.32 Å². The third kappa shape index (κ3) is 3.05. The smallest absolute Gasteiger partial charge is 0.253 e. The molecule has 1 atom stereocenters. The van der Waals surface area contributed by atoms with E-state index in [2.05, 4.69) is 10.3 Å². The molecule has 1 aliphatic rings. The molecule has 1 N–H and O–H groups in total. The highest BCUT2D eigenvalue weighted by Gasteiger charge is 2.40. The van der Waals surface area contributed by atoms with E-state index in [0.29, 0.717) is 24.5 Å². The van der Waals surface area contributed by atoms with Crippen LogP contribution in [0.4, 0.5) is 5.13 Å². The van der Waals surface area contributed by atoms with Gasteiger partial charge in [0.05, 0.1) is 10.2 Å². The Morgan fingerprint density at radius 3 is 2.88 bits per heavy atom. The standard InChI is InChI=1S/C17H17N3O3S3/c1-11-5-2-7-13-15(11)18-17(25-13)19-16(21)12-6-3-9-20(12)26(22,23)14-8-4-10-24-14/h2,4-5,7-8,10,12H,3,6,9H2,1H3,(H,18,19,21). The second kappa shape index (κ2) is 6.73. The number of carbonyl (C=O) groups excluding carboxylic acids is 1. The molecule has 6 nitrogen and oxygen atoms in total. The van der Waals surface area contributed by atoms with Crippen molar-refractivity contribution in [3.8, 4) is 0 Å². The monoisotopic (exact) mass is 407 g/mol. The molecule has 9 heteroatoms. The summed E-state index contributed by atoms with van der Waals surface area (Å²) in [6.07, 6.45) is 1.18. The van der Waals surface area contributed by atoms with Gasteiger partial charge in [-0.1, -0.05) is 29.5 Å². The SMILES string of the molecule is Cc1cccc2sc(NC(=O)C3CCCN3S(=O)(=O)c3cccs3)nc12. The van der Waals surface area contributed by atoms with Gasteiger partial charge in [0.1, 0.15) is 10.3 Å². The number of aryl methyl sites for hydroxylation is 1. The normalized spacial score (nSPS) is 18.4. The molecule has 0 bridgehead atoms. The van der Waals surface area contributed by atoms with Gasteiger partial charge in [0.25, 0.3) is 10.0 Å². The van der Waals surface area contributed by atoms with E-state index < -0.39 is 16.1 Å². The third-order valence-corrected chi connectivity index (χ3v) is 8.63. The Hall–Kier alpha value is -1.81. The van der Waals surface area contributed by atoms with Crippen molar-refractivity contribution in [1.29, 1.82) is 0 Å². The van der Waals surface area contributed by atoms with Crippen LogP contribution in [0.3, 0.4) is 0 Å². The van der Waals surface area contributed by atoms with Gasteiger partial charge in [-0.25, -0.2) is 13.4 Å². The third-order valence-electron chi connectivity index (χ3n) is 4.42. The second-order valence-corrected chi connectivity index (χ2v) is 10.2. The Labute approximate surface area is 159 Å². The van der Waals surface area contributed by atoms with Gasteiger partial charge in [-0.3, -0.25) is 4.79 Å². The zero-order valence-electron chi connectivity index (χ0n) is 14.0. The van der Waals surface area contributed by atoms with Crippen molar-refractivity contribution in [3.05, 3.63) is 41.3 Å². The molecule has 0 radical (unpaired) electrons. The molecule has 1 saturated heterocycles. The molecule has 26 heavy (non-hydrogen) atoms. The number of nitrogens with zero attached hydrogens (tertiary/aromatic N) is 2. The van der Waals surface area contributed by atoms with Crippen LogP contribution in [0, 0.1) is 6.92 Å². The summed E-state index contributed by atoms with van der Waals surface area (Å²) in [5.74, 6) is -0.320. The number of fused-ring (bicyclic) bond motifs is 1. The van der Waals surface area contributed by atoms with Crippen molar-refractivity contribution in [1.82, 2.24) is 9.29 Å². The summed E-state index contributed by atoms with van der Waals surface area (Å²) in [5, 5.41) is 5.04. The molecule has 3 aromatic rings. The maximum absolute atomic E-state index is 12.8. The number of carbonyl (C=O) groups is 1. The maximum Gasteiger partial charge on any atom is 0.253 e. The van der Waals surface area contributed by atoms with Crippen LogP contribution in [0.1, 0.15) is 18.4 Å². The van der Waals surface area contributed by atoms with E-state index >= 15 is 0 Å². The first-order chi connectivity index (χ1) is 12.5. The predicted molar refractivity (Wildman–Crippen MR) is 104 cm³/mol. The number of thiazole rings is 1. The zero-order chi connectivity index (χ0) is 18.3. The van der Waals surface area contributed by atoms with Gasteiger partial charge in [-0.15, -0.1) is 11.3 Å². The minimum Gasteiger partial charge on any atom is -0.301 e. The van der Waals surface area contributed by atoms with Crippen molar-refractivity contribution in [3.63, 3.8) is 0 Å². The first-order valence-corrected chi connectivity index (χ1v) is 11.3. The number of rotatable bonds is 4. The Morgan fingerprint density at radius 2 is 2.15 bits per heavy atom. The topological polar surface area (TPSA) is 79.4 Å². The molecule has 0 saturated carbocycles. The number of benzene rings is 1. The van der Waals surface area contributed by atoms with Crippen LogP contribution in [0.25, 0.3) is 10.2 Å². The van der Waals surface area contributed by atoms with Gasteiger partial charge in [0, 0.05) is 6.54 Å². The van der Waals surface area contributed by atoms with Crippen LogP contribution in [0.5, 0.6) is 0 Å². The van der Waals surface area contributed by atoms with E-state index in [1.165, 1.54) is 27.0 Å². The molecular formula is C17H17N3O3S3. The van der Waals surface area contributed by atoms with Crippen LogP contribution in [0.15, 0.2) is 39.9 Å². The first-order valence-electron chi connectivity index (χ1n) is 8.19. The molecule has 4 rings (SSSR count). The van der Waals surface area contributed by atoms with Crippen LogP contribution in [-0.4, -0.2) is 36.2 Å². The van der Waals surface area contributed by atoms with E-state index in [1.54, 1.807) is 17.5 Å². The summed E-state index contributed by atoms with van der Waals surface area (Å²) >= 11 is 2.56. The number of amides is 1. The summed E-state index contributed by atoms with van der Waals surface area (Å²) < 4.78 is 28.2. The minimum atomic E-state index is -3.64. The molecule has 136 valence electrons. The van der Waals surface area contributed by atoms with Gasteiger partial charge in [-0.05, 0) is 42.8 Å². The number of hydrogen-bond donors (Lipinski definition) is 1. The zero-order valence-corrected chi connectivity index (χ0v) is 16.5. The molecule has 1 amide bonds.